The molecule has 0 amide bonds. The number of alkyl halides is 2. The number of halogens is 2. The standard InChI is InChI=1S/C15H21F2NO/c1-15(16,17)13-6-3-7-14(19-2)12(13)9-11-5-4-8-18-10-11/h3,6-7,11,18H,4-5,8-10H2,1-2H3. The minimum absolute atomic E-state index is 0.0948. The molecule has 0 radical (unpaired) electrons. The van der Waals surface area contributed by atoms with E-state index in [1.54, 1.807) is 12.1 Å². The zero-order valence-electron chi connectivity index (χ0n) is 11.5. The predicted molar refractivity (Wildman–Crippen MR) is 71.9 cm³/mol. The van der Waals surface area contributed by atoms with Gasteiger partial charge in [-0.25, -0.2) is 8.78 Å². The number of piperidine rings is 1. The van der Waals surface area contributed by atoms with Gasteiger partial charge in [-0.05, 0) is 44.3 Å². The van der Waals surface area contributed by atoms with Crippen LogP contribution in [0, 0.1) is 5.92 Å². The van der Waals surface area contributed by atoms with Gasteiger partial charge in [-0.2, -0.15) is 0 Å². The first kappa shape index (κ1) is 14.3. The molecule has 1 aromatic carbocycles. The van der Waals surface area contributed by atoms with Gasteiger partial charge < -0.3 is 10.1 Å². The lowest BCUT2D eigenvalue weighted by Crippen LogP contribution is -2.31. The SMILES string of the molecule is COc1cccc(C(C)(F)F)c1CC1CCCNC1. The Morgan fingerprint density at radius 3 is 2.79 bits per heavy atom. The second-order valence-electron chi connectivity index (χ2n) is 5.29. The van der Waals surface area contributed by atoms with Crippen molar-refractivity contribution in [1.82, 2.24) is 5.32 Å². The van der Waals surface area contributed by atoms with E-state index in [0.29, 0.717) is 23.7 Å². The third kappa shape index (κ3) is 3.44. The first-order chi connectivity index (χ1) is 9.02. The smallest absolute Gasteiger partial charge is 0.270 e. The average Bonchev–Trinajstić information content (AvgIpc) is 2.39. The van der Waals surface area contributed by atoms with Gasteiger partial charge >= 0.3 is 0 Å². The van der Waals surface area contributed by atoms with E-state index in [1.807, 2.05) is 0 Å². The van der Waals surface area contributed by atoms with Crippen LogP contribution in [0.2, 0.25) is 0 Å². The van der Waals surface area contributed by atoms with Gasteiger partial charge in [0.2, 0.25) is 0 Å². The predicted octanol–water partition coefficient (Wildman–Crippen LogP) is 3.35. The maximum absolute atomic E-state index is 13.7. The maximum Gasteiger partial charge on any atom is 0.270 e. The Bertz CT molecular complexity index is 423. The molecule has 0 bridgehead atoms. The Kier molecular flexibility index (Phi) is 4.40. The van der Waals surface area contributed by atoms with Gasteiger partial charge in [-0.15, -0.1) is 0 Å². The van der Waals surface area contributed by atoms with E-state index in [4.69, 9.17) is 4.74 Å². The molecule has 0 spiro atoms. The largest absolute Gasteiger partial charge is 0.496 e. The van der Waals surface area contributed by atoms with Crippen molar-refractivity contribution < 1.29 is 13.5 Å². The highest BCUT2D eigenvalue weighted by molar-refractivity contribution is 5.42. The van der Waals surface area contributed by atoms with E-state index in [9.17, 15) is 8.78 Å². The fraction of sp³-hybridized carbons (Fsp3) is 0.600. The first-order valence-corrected chi connectivity index (χ1v) is 6.77. The van der Waals surface area contributed by atoms with Crippen LogP contribution in [0.25, 0.3) is 0 Å². The van der Waals surface area contributed by atoms with Crippen molar-refractivity contribution in [1.29, 1.82) is 0 Å². The summed E-state index contributed by atoms with van der Waals surface area (Å²) in [6, 6.07) is 4.91. The molecule has 1 heterocycles. The number of methoxy groups -OCH3 is 1. The molecule has 1 saturated heterocycles. The van der Waals surface area contributed by atoms with Crippen molar-refractivity contribution in [2.75, 3.05) is 20.2 Å². The van der Waals surface area contributed by atoms with Crippen LogP contribution in [0.3, 0.4) is 0 Å². The van der Waals surface area contributed by atoms with Gasteiger partial charge in [0.15, 0.2) is 0 Å². The van der Waals surface area contributed by atoms with Crippen LogP contribution in [0.15, 0.2) is 18.2 Å². The fourth-order valence-corrected chi connectivity index (χ4v) is 2.77. The Morgan fingerprint density at radius 2 is 2.21 bits per heavy atom. The molecular weight excluding hydrogens is 248 g/mol. The zero-order chi connectivity index (χ0) is 13.9. The minimum Gasteiger partial charge on any atom is -0.496 e. The molecule has 2 nitrogen and oxygen atoms in total. The van der Waals surface area contributed by atoms with Crippen LogP contribution in [0.5, 0.6) is 5.75 Å². The van der Waals surface area contributed by atoms with Crippen molar-refractivity contribution >= 4 is 0 Å². The van der Waals surface area contributed by atoms with Crippen LogP contribution in [-0.2, 0) is 12.3 Å². The van der Waals surface area contributed by atoms with E-state index in [2.05, 4.69) is 5.32 Å². The highest BCUT2D eigenvalue weighted by Gasteiger charge is 2.30. The van der Waals surface area contributed by atoms with E-state index in [1.165, 1.54) is 13.2 Å². The minimum atomic E-state index is -2.83. The topological polar surface area (TPSA) is 21.3 Å². The number of benzene rings is 1. The molecule has 1 unspecified atom stereocenters. The Morgan fingerprint density at radius 1 is 1.42 bits per heavy atom. The molecule has 2 rings (SSSR count). The summed E-state index contributed by atoms with van der Waals surface area (Å²) in [5.41, 5.74) is 0.753. The van der Waals surface area contributed by atoms with E-state index in [0.717, 1.165) is 32.9 Å². The summed E-state index contributed by atoms with van der Waals surface area (Å²) in [7, 11) is 1.54. The zero-order valence-corrected chi connectivity index (χ0v) is 11.5. The number of ether oxygens (including phenoxy) is 1. The number of nitrogens with one attached hydrogen (secondary N) is 1. The average molecular weight is 269 g/mol. The van der Waals surface area contributed by atoms with Gasteiger partial charge in [0, 0.05) is 18.1 Å². The van der Waals surface area contributed by atoms with E-state index in [-0.39, 0.29) is 5.56 Å². The monoisotopic (exact) mass is 269 g/mol. The Labute approximate surface area is 113 Å². The summed E-state index contributed by atoms with van der Waals surface area (Å²) in [4.78, 5) is 0. The molecule has 1 aliphatic rings. The highest BCUT2D eigenvalue weighted by atomic mass is 19.3. The summed E-state index contributed by atoms with van der Waals surface area (Å²) in [6.07, 6.45) is 2.84. The summed E-state index contributed by atoms with van der Waals surface area (Å²) in [5, 5.41) is 3.32. The van der Waals surface area contributed by atoms with Crippen LogP contribution < -0.4 is 10.1 Å². The second kappa shape index (κ2) is 5.87. The summed E-state index contributed by atoms with van der Waals surface area (Å²) < 4.78 is 32.7. The fourth-order valence-electron chi connectivity index (χ4n) is 2.77. The third-order valence-electron chi connectivity index (χ3n) is 3.72. The molecule has 106 valence electrons. The van der Waals surface area contributed by atoms with Gasteiger partial charge in [-0.1, -0.05) is 12.1 Å². The van der Waals surface area contributed by atoms with Gasteiger partial charge in [0.05, 0.1) is 7.11 Å². The molecule has 1 fully saturated rings. The molecule has 0 aromatic heterocycles. The van der Waals surface area contributed by atoms with Gasteiger partial charge in [0.1, 0.15) is 5.75 Å². The summed E-state index contributed by atoms with van der Waals surface area (Å²) >= 11 is 0. The van der Waals surface area contributed by atoms with Crippen molar-refractivity contribution in [3.8, 4) is 5.75 Å². The lowest BCUT2D eigenvalue weighted by molar-refractivity contribution is 0.0160. The maximum atomic E-state index is 13.7. The van der Waals surface area contributed by atoms with Gasteiger partial charge in [0.25, 0.3) is 5.92 Å². The van der Waals surface area contributed by atoms with Crippen molar-refractivity contribution in [2.45, 2.75) is 32.1 Å². The molecule has 19 heavy (non-hydrogen) atoms. The van der Waals surface area contributed by atoms with Crippen molar-refractivity contribution in [3.05, 3.63) is 29.3 Å². The lowest BCUT2D eigenvalue weighted by atomic mass is 9.88. The van der Waals surface area contributed by atoms with Gasteiger partial charge in [-0.3, -0.25) is 0 Å². The molecule has 1 aliphatic heterocycles. The van der Waals surface area contributed by atoms with Crippen molar-refractivity contribution in [3.63, 3.8) is 0 Å². The normalized spacial score (nSPS) is 20.3. The number of hydrogen-bond donors (Lipinski definition) is 1. The molecule has 0 saturated carbocycles. The summed E-state index contributed by atoms with van der Waals surface area (Å²) in [6.45, 7) is 2.87. The molecule has 1 N–H and O–H groups in total. The number of hydrogen-bond acceptors (Lipinski definition) is 2. The number of rotatable bonds is 4. The quantitative estimate of drug-likeness (QED) is 0.905. The molecule has 0 aliphatic carbocycles. The third-order valence-corrected chi connectivity index (χ3v) is 3.72. The van der Waals surface area contributed by atoms with Crippen LogP contribution in [0.1, 0.15) is 30.9 Å². The molecule has 4 heteroatoms. The van der Waals surface area contributed by atoms with Crippen LogP contribution in [0.4, 0.5) is 8.78 Å². The summed E-state index contributed by atoms with van der Waals surface area (Å²) in [5.74, 6) is -1.85. The molecular formula is C15H21F2NO. The van der Waals surface area contributed by atoms with E-state index < -0.39 is 5.92 Å². The molecule has 1 aromatic rings. The van der Waals surface area contributed by atoms with Crippen LogP contribution in [-0.4, -0.2) is 20.2 Å². The highest BCUT2D eigenvalue weighted by Crippen LogP contribution is 2.36. The van der Waals surface area contributed by atoms with E-state index >= 15 is 0 Å². The molecule has 1 atom stereocenters. The second-order valence-corrected chi connectivity index (χ2v) is 5.29. The Hall–Kier alpha value is -1.16. The first-order valence-electron chi connectivity index (χ1n) is 6.77. The van der Waals surface area contributed by atoms with Crippen LogP contribution >= 0.6 is 0 Å². The van der Waals surface area contributed by atoms with Crippen molar-refractivity contribution in [2.24, 2.45) is 5.92 Å². The Balaban J connectivity index is 2.29. The lowest BCUT2D eigenvalue weighted by Gasteiger charge is -2.26.